The SMILES string of the molecule is CC1(c2ccccc2)c2ccccc2-c2cc(-c3cc(-c4ccccc4)cc(-c4cc(-c5ccc6sc7ccccc7c6c5)nc(-c5ccccc5)n4)c3)ccc21. The molecule has 57 heavy (non-hydrogen) atoms. The number of nitrogens with zero attached hydrogens (tertiary/aromatic N) is 2. The molecule has 0 N–H and O–H groups in total. The Bertz CT molecular complexity index is 3130. The van der Waals surface area contributed by atoms with Gasteiger partial charge >= 0.3 is 0 Å². The van der Waals surface area contributed by atoms with E-state index in [0.29, 0.717) is 5.82 Å². The van der Waals surface area contributed by atoms with Gasteiger partial charge in [-0.25, -0.2) is 9.97 Å². The Morgan fingerprint density at radius 1 is 0.368 bits per heavy atom. The molecule has 0 fully saturated rings. The minimum absolute atomic E-state index is 0.244. The van der Waals surface area contributed by atoms with Crippen molar-refractivity contribution < 1.29 is 0 Å². The standard InChI is InChI=1S/C54H36N2S/c1-54(42-19-9-4-10-20-42)47-23-13-11-21-43(47)45-32-37(25-27-48(45)54)40-29-39(35-15-5-2-6-16-35)30-41(31-40)50-34-49(55-53(56-50)36-17-7-3-8-18-36)38-26-28-52-46(33-38)44-22-12-14-24-51(44)57-52/h2-34H,1H3. The number of hydrogen-bond acceptors (Lipinski definition) is 3. The summed E-state index contributed by atoms with van der Waals surface area (Å²) >= 11 is 1.83. The summed E-state index contributed by atoms with van der Waals surface area (Å²) in [4.78, 5) is 10.5. The van der Waals surface area contributed by atoms with Crippen molar-refractivity contribution in [2.75, 3.05) is 0 Å². The maximum atomic E-state index is 5.30. The highest BCUT2D eigenvalue weighted by atomic mass is 32.1. The quantitative estimate of drug-likeness (QED) is 0.169. The average molecular weight is 745 g/mol. The van der Waals surface area contributed by atoms with Gasteiger partial charge in [0.2, 0.25) is 0 Å². The van der Waals surface area contributed by atoms with Crippen LogP contribution in [-0.2, 0) is 5.41 Å². The fourth-order valence-electron chi connectivity index (χ4n) is 8.85. The van der Waals surface area contributed by atoms with Crippen LogP contribution in [0.3, 0.4) is 0 Å². The molecule has 3 heteroatoms. The summed E-state index contributed by atoms with van der Waals surface area (Å²) in [5, 5.41) is 2.53. The van der Waals surface area contributed by atoms with E-state index in [1.807, 2.05) is 17.4 Å². The van der Waals surface area contributed by atoms with Gasteiger partial charge in [0.05, 0.1) is 11.4 Å². The Balaban J connectivity index is 1.11. The molecule has 0 spiro atoms. The first-order valence-electron chi connectivity index (χ1n) is 19.5. The summed E-state index contributed by atoms with van der Waals surface area (Å²) in [6.07, 6.45) is 0. The zero-order valence-corrected chi connectivity index (χ0v) is 32.2. The highest BCUT2D eigenvalue weighted by Gasteiger charge is 2.40. The molecule has 11 rings (SSSR count). The van der Waals surface area contributed by atoms with Gasteiger partial charge < -0.3 is 0 Å². The first-order valence-corrected chi connectivity index (χ1v) is 20.3. The third kappa shape index (κ3) is 5.62. The Morgan fingerprint density at radius 3 is 1.74 bits per heavy atom. The van der Waals surface area contributed by atoms with Crippen molar-refractivity contribution in [2.45, 2.75) is 12.3 Å². The molecule has 2 nitrogen and oxygen atoms in total. The van der Waals surface area contributed by atoms with E-state index in [1.165, 1.54) is 53.6 Å². The zero-order valence-electron chi connectivity index (χ0n) is 31.4. The van der Waals surface area contributed by atoms with Crippen molar-refractivity contribution in [3.63, 3.8) is 0 Å². The van der Waals surface area contributed by atoms with Crippen LogP contribution in [0.2, 0.25) is 0 Å². The summed E-state index contributed by atoms with van der Waals surface area (Å²) in [7, 11) is 0. The van der Waals surface area contributed by atoms with Crippen LogP contribution >= 0.6 is 11.3 Å². The molecule has 0 bridgehead atoms. The number of rotatable bonds is 6. The van der Waals surface area contributed by atoms with Gasteiger partial charge in [0.15, 0.2) is 5.82 Å². The topological polar surface area (TPSA) is 25.8 Å². The van der Waals surface area contributed by atoms with E-state index in [0.717, 1.165) is 44.8 Å². The maximum Gasteiger partial charge on any atom is 0.160 e. The number of hydrogen-bond donors (Lipinski definition) is 0. The highest BCUT2D eigenvalue weighted by molar-refractivity contribution is 7.25. The third-order valence-corrected chi connectivity index (χ3v) is 12.9. The molecule has 268 valence electrons. The Hall–Kier alpha value is -6.94. The highest BCUT2D eigenvalue weighted by Crippen LogP contribution is 2.53. The van der Waals surface area contributed by atoms with Crippen molar-refractivity contribution in [2.24, 2.45) is 0 Å². The second kappa shape index (κ2) is 13.4. The van der Waals surface area contributed by atoms with Crippen LogP contribution in [0.1, 0.15) is 23.6 Å². The van der Waals surface area contributed by atoms with Crippen LogP contribution in [0.4, 0.5) is 0 Å². The zero-order chi connectivity index (χ0) is 37.9. The number of thiophene rings is 1. The lowest BCUT2D eigenvalue weighted by molar-refractivity contribution is 0.714. The third-order valence-electron chi connectivity index (χ3n) is 11.8. The van der Waals surface area contributed by atoms with Gasteiger partial charge in [-0.2, -0.15) is 0 Å². The van der Waals surface area contributed by atoms with Crippen LogP contribution in [0.15, 0.2) is 200 Å². The summed E-state index contributed by atoms with van der Waals surface area (Å²) in [6.45, 7) is 2.37. The molecule has 1 aliphatic carbocycles. The predicted molar refractivity (Wildman–Crippen MR) is 240 cm³/mol. The number of aromatic nitrogens is 2. The Morgan fingerprint density at radius 2 is 0.947 bits per heavy atom. The van der Waals surface area contributed by atoms with Crippen LogP contribution in [-0.4, -0.2) is 9.97 Å². The van der Waals surface area contributed by atoms with Crippen molar-refractivity contribution in [3.05, 3.63) is 217 Å². The lowest BCUT2D eigenvalue weighted by Gasteiger charge is -2.28. The summed E-state index contributed by atoms with van der Waals surface area (Å²) in [6, 6.07) is 72.4. The van der Waals surface area contributed by atoms with E-state index < -0.39 is 0 Å². The van der Waals surface area contributed by atoms with E-state index >= 15 is 0 Å². The normalized spacial score (nSPS) is 14.5. The molecule has 2 heterocycles. The minimum atomic E-state index is -0.244. The summed E-state index contributed by atoms with van der Waals surface area (Å²) in [5.74, 6) is 0.708. The van der Waals surface area contributed by atoms with E-state index in [1.54, 1.807) is 0 Å². The molecule has 0 radical (unpaired) electrons. The fraction of sp³-hybridized carbons (Fsp3) is 0.0370. The lowest BCUT2D eigenvalue weighted by atomic mass is 9.74. The second-order valence-electron chi connectivity index (χ2n) is 15.1. The van der Waals surface area contributed by atoms with Crippen molar-refractivity contribution in [1.82, 2.24) is 9.97 Å². The van der Waals surface area contributed by atoms with Crippen molar-refractivity contribution >= 4 is 31.5 Å². The van der Waals surface area contributed by atoms with Crippen LogP contribution in [0.5, 0.6) is 0 Å². The van der Waals surface area contributed by atoms with Gasteiger partial charge in [0.25, 0.3) is 0 Å². The Kier molecular flexibility index (Phi) is 7.84. The molecule has 0 amide bonds. The Labute approximate surface area is 336 Å². The summed E-state index contributed by atoms with van der Waals surface area (Å²) in [5.41, 5.74) is 15.8. The second-order valence-corrected chi connectivity index (χ2v) is 16.2. The molecule has 10 aromatic rings. The van der Waals surface area contributed by atoms with Gasteiger partial charge in [-0.05, 0) is 106 Å². The first-order chi connectivity index (χ1) is 28.1. The minimum Gasteiger partial charge on any atom is -0.228 e. The molecule has 1 unspecified atom stereocenters. The van der Waals surface area contributed by atoms with E-state index in [9.17, 15) is 0 Å². The molecule has 0 aliphatic heterocycles. The summed E-state index contributed by atoms with van der Waals surface area (Å²) < 4.78 is 2.57. The molecular formula is C54H36N2S. The molecular weight excluding hydrogens is 709 g/mol. The lowest BCUT2D eigenvalue weighted by Crippen LogP contribution is -2.22. The monoisotopic (exact) mass is 744 g/mol. The van der Waals surface area contributed by atoms with Gasteiger partial charge in [-0.1, -0.05) is 152 Å². The number of benzene rings is 8. The van der Waals surface area contributed by atoms with Crippen LogP contribution in [0.25, 0.3) is 87.5 Å². The first kappa shape index (κ1) is 33.4. The molecule has 0 saturated carbocycles. The van der Waals surface area contributed by atoms with E-state index in [-0.39, 0.29) is 5.41 Å². The smallest absolute Gasteiger partial charge is 0.160 e. The predicted octanol–water partition coefficient (Wildman–Crippen LogP) is 14.5. The fourth-order valence-corrected chi connectivity index (χ4v) is 9.93. The molecule has 1 aliphatic rings. The molecule has 0 saturated heterocycles. The largest absolute Gasteiger partial charge is 0.228 e. The van der Waals surface area contributed by atoms with Gasteiger partial charge in [-0.15, -0.1) is 11.3 Å². The van der Waals surface area contributed by atoms with Gasteiger partial charge in [0, 0.05) is 42.3 Å². The van der Waals surface area contributed by atoms with Crippen molar-refractivity contribution in [3.8, 4) is 67.3 Å². The van der Waals surface area contributed by atoms with Gasteiger partial charge in [0.1, 0.15) is 0 Å². The maximum absolute atomic E-state index is 5.30. The molecule has 2 aromatic heterocycles. The van der Waals surface area contributed by atoms with E-state index in [4.69, 9.17) is 9.97 Å². The van der Waals surface area contributed by atoms with E-state index in [2.05, 4.69) is 201 Å². The van der Waals surface area contributed by atoms with Crippen molar-refractivity contribution in [1.29, 1.82) is 0 Å². The van der Waals surface area contributed by atoms with Gasteiger partial charge in [-0.3, -0.25) is 0 Å². The molecule has 8 aromatic carbocycles. The average Bonchev–Trinajstić information content (AvgIpc) is 3.79. The molecule has 1 atom stereocenters. The number of fused-ring (bicyclic) bond motifs is 6. The van der Waals surface area contributed by atoms with Crippen LogP contribution in [0, 0.1) is 0 Å². The van der Waals surface area contributed by atoms with Crippen LogP contribution < -0.4 is 0 Å².